The van der Waals surface area contributed by atoms with Gasteiger partial charge in [0.2, 0.25) is 16.0 Å². The van der Waals surface area contributed by atoms with Crippen LogP contribution in [-0.4, -0.2) is 287 Å². The fraction of sp³-hybridized carbons (Fsp3) is 0.921. The molecule has 0 aliphatic carbocycles. The van der Waals surface area contributed by atoms with Crippen LogP contribution in [0.2, 0.25) is 0 Å². The van der Waals surface area contributed by atoms with Crippen LogP contribution in [0.4, 0.5) is 0 Å². The first-order valence-corrected chi connectivity index (χ1v) is 51.4. The van der Waals surface area contributed by atoms with Gasteiger partial charge in [0.15, 0.2) is 5.78 Å². The lowest BCUT2D eigenvalue weighted by Gasteiger charge is -2.26. The van der Waals surface area contributed by atoms with Gasteiger partial charge in [0.1, 0.15) is 19.3 Å². The SMILES string of the molecule is C=CC[C@@H](O)[C@H]1OCC[C@@H]1C.CC.[2H]C[C@H]1O[C@H]([3H])C[C@@H]1OP(OCC[N+]#[C-])OCC[C@@H](CI)[C@H]1O[C@H]([3H])C[C@@H]1C.[2H]C[C@H]1O[C@H]([3H])C[C@@H]1OP(OCC[N+]#[C-])OCC[C@H](CI)[C@H]1O[C@H]([3H])C[C@@H]1C.[3H]OC.[3H]OC.[3H][C@@H]1C[C@H](C)[C@@H](C(=O)CCC)O1.[3H][C@@H]1C[C@H](C)[C@@H](CO)O1.[3H][C@@H]1C[C@H](C)[C@@H]([C@@H](CI)CCO)O1.[3H][C@@H]1C[C@H](C)[C@@H]([C@@H](O)CC=C)O1.[3H][C@@H]1C[C@H](C)[C@@H]([C@H](CI)CCO)O1. The van der Waals surface area contributed by atoms with Crippen LogP contribution in [0.5, 0.6) is 0 Å². The topological polar surface area (TPSA) is 315 Å². The van der Waals surface area contributed by atoms with Gasteiger partial charge in [-0.1, -0.05) is 179 Å². The molecule has 121 heavy (non-hydrogen) atoms. The molecule has 0 spiro atoms. The first-order valence-electron chi connectivity index (χ1n) is 50.5. The predicted octanol–water partition coefficient (Wildman–Crippen LogP) is 17.3. The van der Waals surface area contributed by atoms with Crippen LogP contribution in [0.25, 0.3) is 9.69 Å². The lowest BCUT2D eigenvalue weighted by atomic mass is 9.91. The lowest BCUT2D eigenvalue weighted by molar-refractivity contribution is -0.129. The predicted molar refractivity (Wildman–Crippen MR) is 517 cm³/mol. The van der Waals surface area contributed by atoms with Crippen LogP contribution in [0.15, 0.2) is 25.3 Å². The van der Waals surface area contributed by atoms with Crippen LogP contribution < -0.4 is 0 Å². The van der Waals surface area contributed by atoms with E-state index in [0.29, 0.717) is 111 Å². The summed E-state index contributed by atoms with van der Waals surface area (Å²) >= 11 is 9.35. The zero-order valence-electron chi connectivity index (χ0n) is 87.6. The molecule has 0 bridgehead atoms. The number of aliphatic hydroxyl groups is 7. The normalized spacial score (nSPS) is 38.1. The Hall–Kier alpha value is 0.990. The van der Waals surface area contributed by atoms with E-state index in [9.17, 15) is 15.0 Å². The molecule has 0 radical (unpaired) electrons. The molecule has 10 saturated heterocycles. The molecule has 7 N–H and O–H groups in total. The standard InChI is InChI=1S/2C17H29INO5P.2C9H17IO2.3C9H16O2.C6H12O2.C2H6.2CH4O/c2*1-13-4-8-21-17(13)15(12-18)5-10-22-25(23-11-7-19-3)24-16-6-9-20-14(16)2;2*1-7-3-5-12-9(7)8(6-10)2-4-11;3*1-3-4-8(10)9-7(2)5-6-11-9;1-5-2-3-8-6(5)4-7;3*1-2/h2*13-17H,4-12H2,1-2H3;2*7-9,11H,2-6H2,1H3;7,9H,3-6H2,1-2H3;2*3,7-10H,1,4-6H2,2H3;5-7H,2-4H2,1H3;1-2H3;2*2H,1H3/t13-,14+,15+,16-,17-,25?;13-,14+,15-,16-,17-,25?;7-,8+,9-;7-,8-,9-;7-,9-;7-,8+,9-;7-,8-,9-;5-,6+;;;/m00000000.../s1/i2*2D,8T,9T;2*5T;6T;;6T;3T;;2*2T/t8-,9-,13+,14-,15-,16+,17+,25?;8-,9-,13+,14-,15+,16+,17+,25?;5-,7+,8-,9+;5-,7+,8+,9+;6-,7+,9+;;6-,7+,8+,9+;3-,5+,6-;;;/m11111.11.... The second-order valence-corrected chi connectivity index (χ2v) is 36.7. The highest BCUT2D eigenvalue weighted by Crippen LogP contribution is 2.46. The summed E-state index contributed by atoms with van der Waals surface area (Å²) < 4.78 is 187. The Morgan fingerprint density at radius 3 is 1.09 bits per heavy atom. The summed E-state index contributed by atoms with van der Waals surface area (Å²) in [6, 6.07) is 0. The number of hydrogen-bond acceptors (Lipinski definition) is 24. The zero-order valence-corrected chi connectivity index (χ0v) is 85.0. The average molecular weight is 2240 g/mol. The van der Waals surface area contributed by atoms with E-state index < -0.39 is 93.8 Å². The van der Waals surface area contributed by atoms with Crippen LogP contribution in [0, 0.1) is 84.2 Å². The van der Waals surface area contributed by atoms with Gasteiger partial charge in [-0.15, -0.1) is 13.2 Å². The first-order chi connectivity index (χ1) is 63.9. The Balaban J connectivity index is 0.00000154. The van der Waals surface area contributed by atoms with E-state index in [4.69, 9.17) is 121 Å². The van der Waals surface area contributed by atoms with E-state index in [1.54, 1.807) is 12.2 Å². The zero-order chi connectivity index (χ0) is 102. The van der Waals surface area contributed by atoms with Crippen molar-refractivity contribution < 1.29 is 130 Å². The molecular weight excluding hydrogens is 2050 g/mol. The average Bonchev–Trinajstić information content (AvgIpc) is 1.73. The summed E-state index contributed by atoms with van der Waals surface area (Å²) in [6.45, 7) is 42.3. The maximum Gasteiger partial charge on any atom is 0.333 e. The molecule has 714 valence electrons. The quantitative estimate of drug-likeness (QED) is 0.00748. The monoisotopic (exact) mass is 2240 g/mol. The number of ether oxygens (including phenoxy) is 10. The number of Topliss-reactive ketones (excluding diaryl/α,β-unsaturated/α-hetero) is 1. The molecule has 2 unspecified atom stereocenters. The molecule has 10 aliphatic rings. The minimum atomic E-state index is -1.67. The largest absolute Gasteiger partial charge is 0.400 e. The third kappa shape index (κ3) is 50.6. The highest BCUT2D eigenvalue weighted by atomic mass is 127. The van der Waals surface area contributed by atoms with Crippen molar-refractivity contribution in [1.29, 1.82) is 2.86 Å². The van der Waals surface area contributed by atoms with Gasteiger partial charge < -0.3 is 120 Å². The van der Waals surface area contributed by atoms with Crippen molar-refractivity contribution in [1.82, 2.24) is 0 Å². The number of rotatable bonds is 40. The molecule has 0 aromatic rings. The van der Waals surface area contributed by atoms with Crippen molar-refractivity contribution >= 4 is 113 Å². The third-order valence-corrected chi connectivity index (χ3v) is 28.3. The van der Waals surface area contributed by atoms with E-state index in [-0.39, 0.29) is 146 Å². The van der Waals surface area contributed by atoms with Crippen LogP contribution >= 0.6 is 108 Å². The molecule has 0 amide bonds. The van der Waals surface area contributed by atoms with Crippen LogP contribution in [0.1, 0.15) is 221 Å². The van der Waals surface area contributed by atoms with Crippen molar-refractivity contribution in [2.75, 3.05) is 157 Å². The molecule has 0 aromatic carbocycles. The van der Waals surface area contributed by atoms with E-state index in [1.165, 1.54) is 14.2 Å². The highest BCUT2D eigenvalue weighted by molar-refractivity contribution is 14.1. The number of ketones is 1. The first kappa shape index (κ1) is 99.5. The molecule has 26 nitrogen and oxygen atoms in total. The van der Waals surface area contributed by atoms with Crippen LogP contribution in [-0.2, 0) is 79.3 Å². The number of carbonyl (C=O) groups excluding carboxylic acids is 1. The van der Waals surface area contributed by atoms with Crippen molar-refractivity contribution in [3.63, 3.8) is 0 Å². The van der Waals surface area contributed by atoms with E-state index in [2.05, 4.69) is 158 Å². The van der Waals surface area contributed by atoms with E-state index >= 15 is 0 Å². The highest BCUT2D eigenvalue weighted by Gasteiger charge is 2.39. The number of aliphatic hydroxyl groups excluding tert-OH is 7. The van der Waals surface area contributed by atoms with Crippen molar-refractivity contribution in [3.05, 3.63) is 48.1 Å². The summed E-state index contributed by atoms with van der Waals surface area (Å²) in [7, 11) is -0.762. The Labute approximate surface area is 807 Å². The maximum atomic E-state index is 11.4. The van der Waals surface area contributed by atoms with Gasteiger partial charge >= 0.3 is 17.2 Å². The Morgan fingerprint density at radius 1 is 0.496 bits per heavy atom. The van der Waals surface area contributed by atoms with Gasteiger partial charge in [0, 0.05) is 120 Å². The van der Waals surface area contributed by atoms with E-state index in [0.717, 1.165) is 101 Å². The Kier molecular flexibility index (Phi) is 64.5. The molecule has 10 rings (SSSR count). The number of nitrogens with zero attached hydrogens (tertiary/aromatic N) is 2. The van der Waals surface area contributed by atoms with Crippen molar-refractivity contribution in [2.45, 2.75) is 291 Å². The molecule has 10 fully saturated rings. The number of alkyl halides is 4. The second kappa shape index (κ2) is 78.5. The molecule has 10 heterocycles. The second-order valence-electron chi connectivity index (χ2n) is 30.8. The molecule has 0 saturated carbocycles. The summed E-state index contributed by atoms with van der Waals surface area (Å²) in [5.74, 6) is 4.57. The summed E-state index contributed by atoms with van der Waals surface area (Å²) in [4.78, 5) is 17.9. The van der Waals surface area contributed by atoms with Gasteiger partial charge in [0.05, 0.1) is 112 Å². The van der Waals surface area contributed by atoms with Crippen molar-refractivity contribution in [3.8, 4) is 0 Å². The van der Waals surface area contributed by atoms with Crippen LogP contribution in [0.3, 0.4) is 0 Å². The molecule has 10 aliphatic heterocycles. The number of hydrogen-bond donors (Lipinski definition) is 7. The minimum absolute atomic E-state index is 0.0212. The molecule has 37 atom stereocenters. The van der Waals surface area contributed by atoms with Gasteiger partial charge in [-0.05, 0) is 194 Å². The Bertz CT molecular complexity index is 2870. The fourth-order valence-electron chi connectivity index (χ4n) is 13.9. The maximum absolute atomic E-state index is 11.4. The van der Waals surface area contributed by atoms with Gasteiger partial charge in [0.25, 0.3) is 0 Å². The molecule has 0 aromatic heterocycles. The summed E-state index contributed by atoms with van der Waals surface area (Å²) in [5.41, 5.74) is 0. The van der Waals surface area contributed by atoms with E-state index in [1.807, 2.05) is 41.5 Å². The minimum Gasteiger partial charge on any atom is -0.400 e. The number of carbonyl (C=O) groups is 1. The van der Waals surface area contributed by atoms with Gasteiger partial charge in [-0.3, -0.25) is 4.79 Å². The Morgan fingerprint density at radius 2 is 0.818 bits per heavy atom. The number of halogens is 4. The van der Waals surface area contributed by atoms with Crippen molar-refractivity contribution in [2.24, 2.45) is 71.0 Å². The third-order valence-electron chi connectivity index (χ3n) is 21.3. The summed E-state index contributed by atoms with van der Waals surface area (Å²) in [6.07, 6.45) is 13.8. The van der Waals surface area contributed by atoms with Gasteiger partial charge in [-0.25, -0.2) is 13.1 Å². The lowest BCUT2D eigenvalue weighted by Crippen LogP contribution is -2.29. The molecular formula is C89H166I4N2O24P2. The summed E-state index contributed by atoms with van der Waals surface area (Å²) in [5, 5.41) is 52.5. The molecule has 32 heteroatoms. The fourth-order valence-corrected chi connectivity index (χ4v) is 19.9. The van der Waals surface area contributed by atoms with Gasteiger partial charge in [-0.2, -0.15) is 0 Å². The smallest absolute Gasteiger partial charge is 0.333 e.